The quantitative estimate of drug-likeness (QED) is 0.0507. The summed E-state index contributed by atoms with van der Waals surface area (Å²) in [6.45, 7) is 3.71. The molecule has 0 aliphatic rings. The number of rotatable bonds is 34. The van der Waals surface area contributed by atoms with Crippen LogP contribution in [-0.4, -0.2) is 45.2 Å². The Hall–Kier alpha value is -0.780. The van der Waals surface area contributed by atoms with Gasteiger partial charge in [0.25, 0.3) is 0 Å². The van der Waals surface area contributed by atoms with Crippen molar-refractivity contribution in [2.45, 2.75) is 218 Å². The number of aliphatic hydroxyl groups is 3. The van der Waals surface area contributed by atoms with Gasteiger partial charge in [0.05, 0.1) is 6.61 Å². The molecule has 0 aromatic carbocycles. The van der Waals surface area contributed by atoms with Gasteiger partial charge in [-0.2, -0.15) is 0 Å². The number of carbonyl (C=O) groups is 2. The molecule has 0 fully saturated rings. The van der Waals surface area contributed by atoms with E-state index in [1.807, 2.05) is 0 Å². The van der Waals surface area contributed by atoms with Gasteiger partial charge in [-0.3, -0.25) is 9.59 Å². The molecule has 0 radical (unpaired) electrons. The standard InChI is InChI=1S/C37H72O5/c1-3-5-7-9-11-13-15-17-19-21-23-25-27-29-31-34(39)37(42,36(41)33-38)35(40)32-30-28-26-24-22-20-18-16-14-12-10-8-6-4-2/h36,38,41-42H,3-33H2,1-2H3. The molecule has 42 heavy (non-hydrogen) atoms. The maximum atomic E-state index is 12.8. The van der Waals surface area contributed by atoms with Crippen molar-refractivity contribution in [2.75, 3.05) is 6.61 Å². The molecule has 0 aliphatic carbocycles. The number of carbonyl (C=O) groups excluding carboxylic acids is 2. The van der Waals surface area contributed by atoms with Gasteiger partial charge in [-0.1, -0.05) is 181 Å². The Bertz CT molecular complexity index is 561. The smallest absolute Gasteiger partial charge is 0.209 e. The van der Waals surface area contributed by atoms with Gasteiger partial charge in [-0.05, 0) is 12.8 Å². The highest BCUT2D eigenvalue weighted by Gasteiger charge is 2.48. The molecular formula is C37H72O5. The predicted octanol–water partition coefficient (Wildman–Crippen LogP) is 9.95. The van der Waals surface area contributed by atoms with Crippen molar-refractivity contribution in [1.82, 2.24) is 0 Å². The fraction of sp³-hybridized carbons (Fsp3) is 0.946. The molecule has 1 atom stereocenters. The molecular weight excluding hydrogens is 524 g/mol. The Kier molecular flexibility index (Phi) is 29.7. The number of Topliss-reactive ketones (excluding diaryl/α,β-unsaturated/α-hetero) is 2. The lowest BCUT2D eigenvalue weighted by molar-refractivity contribution is -0.166. The Balaban J connectivity index is 3.95. The second-order valence-corrected chi connectivity index (χ2v) is 13.0. The summed E-state index contributed by atoms with van der Waals surface area (Å²) in [5.41, 5.74) is -2.47. The average Bonchev–Trinajstić information content (AvgIpc) is 3.00. The molecule has 0 aliphatic heterocycles. The van der Waals surface area contributed by atoms with E-state index in [-0.39, 0.29) is 12.8 Å². The van der Waals surface area contributed by atoms with Crippen molar-refractivity contribution < 1.29 is 24.9 Å². The van der Waals surface area contributed by atoms with Crippen LogP contribution in [0.1, 0.15) is 206 Å². The fourth-order valence-corrected chi connectivity index (χ4v) is 6.00. The number of hydrogen-bond acceptors (Lipinski definition) is 5. The summed E-state index contributed by atoms with van der Waals surface area (Å²) < 4.78 is 0. The van der Waals surface area contributed by atoms with E-state index in [1.165, 1.54) is 128 Å². The predicted molar refractivity (Wildman–Crippen MR) is 178 cm³/mol. The van der Waals surface area contributed by atoms with Gasteiger partial charge in [0.1, 0.15) is 6.10 Å². The Morgan fingerprint density at radius 1 is 0.452 bits per heavy atom. The molecule has 0 heterocycles. The van der Waals surface area contributed by atoms with E-state index in [0.717, 1.165) is 38.5 Å². The lowest BCUT2D eigenvalue weighted by Crippen LogP contribution is -2.57. The normalized spacial score (nSPS) is 12.6. The third kappa shape index (κ3) is 21.8. The first-order valence-corrected chi connectivity index (χ1v) is 18.5. The molecule has 5 nitrogen and oxygen atoms in total. The van der Waals surface area contributed by atoms with E-state index < -0.39 is 29.9 Å². The van der Waals surface area contributed by atoms with E-state index in [9.17, 15) is 24.9 Å². The van der Waals surface area contributed by atoms with Crippen LogP contribution in [0.25, 0.3) is 0 Å². The van der Waals surface area contributed by atoms with Gasteiger partial charge in [0.2, 0.25) is 5.60 Å². The molecule has 0 bridgehead atoms. The number of unbranched alkanes of at least 4 members (excludes halogenated alkanes) is 26. The number of hydrogen-bond donors (Lipinski definition) is 3. The minimum absolute atomic E-state index is 0.0655. The van der Waals surface area contributed by atoms with E-state index >= 15 is 0 Å². The second-order valence-electron chi connectivity index (χ2n) is 13.0. The Labute approximate surface area is 261 Å². The van der Waals surface area contributed by atoms with Gasteiger partial charge >= 0.3 is 0 Å². The zero-order valence-electron chi connectivity index (χ0n) is 28.2. The summed E-state index contributed by atoms with van der Waals surface area (Å²) in [5.74, 6) is -1.28. The summed E-state index contributed by atoms with van der Waals surface area (Å²) in [7, 11) is 0. The van der Waals surface area contributed by atoms with Gasteiger partial charge in [0.15, 0.2) is 11.6 Å². The highest BCUT2D eigenvalue weighted by molar-refractivity contribution is 6.10. The zero-order valence-corrected chi connectivity index (χ0v) is 28.2. The first-order chi connectivity index (χ1) is 20.4. The van der Waals surface area contributed by atoms with Crippen molar-refractivity contribution >= 4 is 11.6 Å². The number of aliphatic hydroxyl groups excluding tert-OH is 2. The summed E-state index contributed by atoms with van der Waals surface area (Å²) in [6.07, 6.45) is 32.2. The van der Waals surface area contributed by atoms with Crippen molar-refractivity contribution in [3.05, 3.63) is 0 Å². The first kappa shape index (κ1) is 41.2. The minimum Gasteiger partial charge on any atom is -0.394 e. The fourth-order valence-electron chi connectivity index (χ4n) is 6.00. The van der Waals surface area contributed by atoms with E-state index in [1.54, 1.807) is 0 Å². The van der Waals surface area contributed by atoms with Crippen LogP contribution in [0.5, 0.6) is 0 Å². The van der Waals surface area contributed by atoms with Crippen LogP contribution in [0.3, 0.4) is 0 Å². The molecule has 250 valence electrons. The SMILES string of the molecule is CCCCCCCCCCCCCCCCC(=O)C(O)(C(=O)CCCCCCCCCCCCCCCC)C(O)CO. The van der Waals surface area contributed by atoms with Crippen molar-refractivity contribution in [1.29, 1.82) is 0 Å². The Morgan fingerprint density at radius 2 is 0.667 bits per heavy atom. The van der Waals surface area contributed by atoms with Crippen LogP contribution in [0.4, 0.5) is 0 Å². The second kappa shape index (κ2) is 30.3. The highest BCUT2D eigenvalue weighted by atomic mass is 16.4. The van der Waals surface area contributed by atoms with Crippen LogP contribution in [0.2, 0.25) is 0 Å². The molecule has 1 unspecified atom stereocenters. The monoisotopic (exact) mass is 597 g/mol. The van der Waals surface area contributed by atoms with Crippen LogP contribution in [0, 0.1) is 0 Å². The zero-order chi connectivity index (χ0) is 31.2. The van der Waals surface area contributed by atoms with E-state index in [4.69, 9.17) is 0 Å². The Morgan fingerprint density at radius 3 is 0.881 bits per heavy atom. The van der Waals surface area contributed by atoms with Gasteiger partial charge in [-0.15, -0.1) is 0 Å². The van der Waals surface area contributed by atoms with Crippen molar-refractivity contribution in [3.63, 3.8) is 0 Å². The lowest BCUT2D eigenvalue weighted by Gasteiger charge is -2.29. The molecule has 3 N–H and O–H groups in total. The average molecular weight is 597 g/mol. The molecule has 0 saturated carbocycles. The third-order valence-corrected chi connectivity index (χ3v) is 9.02. The highest BCUT2D eigenvalue weighted by Crippen LogP contribution is 2.22. The molecule has 0 amide bonds. The molecule has 0 saturated heterocycles. The summed E-state index contributed by atoms with van der Waals surface area (Å²) in [4.78, 5) is 25.7. The summed E-state index contributed by atoms with van der Waals surface area (Å²) in [5, 5.41) is 30.6. The molecule has 0 aromatic heterocycles. The maximum Gasteiger partial charge on any atom is 0.209 e. The van der Waals surface area contributed by atoms with Gasteiger partial charge < -0.3 is 15.3 Å². The summed E-state index contributed by atoms with van der Waals surface area (Å²) >= 11 is 0. The largest absolute Gasteiger partial charge is 0.394 e. The molecule has 0 spiro atoms. The van der Waals surface area contributed by atoms with E-state index in [0.29, 0.717) is 12.8 Å². The first-order valence-electron chi connectivity index (χ1n) is 18.5. The van der Waals surface area contributed by atoms with Crippen molar-refractivity contribution in [3.8, 4) is 0 Å². The molecule has 5 heteroatoms. The van der Waals surface area contributed by atoms with E-state index in [2.05, 4.69) is 13.8 Å². The molecule has 0 rings (SSSR count). The van der Waals surface area contributed by atoms with Gasteiger partial charge in [-0.25, -0.2) is 0 Å². The maximum absolute atomic E-state index is 12.8. The van der Waals surface area contributed by atoms with Crippen LogP contribution < -0.4 is 0 Å². The van der Waals surface area contributed by atoms with Crippen molar-refractivity contribution in [2.24, 2.45) is 0 Å². The van der Waals surface area contributed by atoms with Crippen LogP contribution in [0.15, 0.2) is 0 Å². The number of ketones is 2. The molecule has 0 aromatic rings. The lowest BCUT2D eigenvalue weighted by atomic mass is 9.82. The third-order valence-electron chi connectivity index (χ3n) is 9.02. The van der Waals surface area contributed by atoms with Gasteiger partial charge in [0, 0.05) is 12.8 Å². The van der Waals surface area contributed by atoms with Crippen LogP contribution in [-0.2, 0) is 9.59 Å². The van der Waals surface area contributed by atoms with Crippen LogP contribution >= 0.6 is 0 Å². The minimum atomic E-state index is -2.47. The topological polar surface area (TPSA) is 94.8 Å². The summed E-state index contributed by atoms with van der Waals surface area (Å²) in [6, 6.07) is 0.